The standard InChI is InChI=1S/C10H15N5OS/c1-2-3-6-11-8(16)4-5-9-14-15-7-12-13-10(15)17-9/h7H,2-6H2,1H3,(H,11,16). The molecule has 1 N–H and O–H groups in total. The van der Waals surface area contributed by atoms with Gasteiger partial charge in [-0.15, -0.1) is 10.2 Å². The molecule has 2 heterocycles. The Kier molecular flexibility index (Phi) is 4.03. The summed E-state index contributed by atoms with van der Waals surface area (Å²) in [7, 11) is 0. The maximum atomic E-state index is 11.5. The van der Waals surface area contributed by atoms with Crippen molar-refractivity contribution in [3.8, 4) is 0 Å². The van der Waals surface area contributed by atoms with Crippen molar-refractivity contribution in [3.63, 3.8) is 0 Å². The van der Waals surface area contributed by atoms with E-state index in [9.17, 15) is 4.79 Å². The molecule has 6 nitrogen and oxygen atoms in total. The molecule has 92 valence electrons. The molecule has 0 aliphatic carbocycles. The number of nitrogens with zero attached hydrogens (tertiary/aromatic N) is 4. The average molecular weight is 253 g/mol. The normalized spacial score (nSPS) is 10.9. The molecule has 0 atom stereocenters. The van der Waals surface area contributed by atoms with Crippen LogP contribution in [0.5, 0.6) is 0 Å². The second-order valence-electron chi connectivity index (χ2n) is 3.76. The minimum atomic E-state index is 0.0874. The molecule has 0 radical (unpaired) electrons. The van der Waals surface area contributed by atoms with Crippen molar-refractivity contribution in [2.75, 3.05) is 6.54 Å². The maximum Gasteiger partial charge on any atom is 0.234 e. The Morgan fingerprint density at radius 1 is 1.59 bits per heavy atom. The zero-order valence-electron chi connectivity index (χ0n) is 9.72. The molecule has 1 amide bonds. The van der Waals surface area contributed by atoms with E-state index in [0.29, 0.717) is 12.8 Å². The van der Waals surface area contributed by atoms with Crippen LogP contribution in [0.1, 0.15) is 31.2 Å². The fourth-order valence-electron chi connectivity index (χ4n) is 1.42. The fourth-order valence-corrected chi connectivity index (χ4v) is 2.23. The van der Waals surface area contributed by atoms with Crippen LogP contribution in [-0.2, 0) is 11.2 Å². The second-order valence-corrected chi connectivity index (χ2v) is 4.80. The monoisotopic (exact) mass is 253 g/mol. The highest BCUT2D eigenvalue weighted by Crippen LogP contribution is 2.12. The molecular weight excluding hydrogens is 238 g/mol. The molecule has 0 fully saturated rings. The Balaban J connectivity index is 1.78. The Morgan fingerprint density at radius 3 is 3.24 bits per heavy atom. The molecular formula is C10H15N5OS. The highest BCUT2D eigenvalue weighted by Gasteiger charge is 2.07. The number of nitrogens with one attached hydrogen (secondary N) is 1. The number of hydrogen-bond acceptors (Lipinski definition) is 5. The smallest absolute Gasteiger partial charge is 0.234 e. The average Bonchev–Trinajstić information content (AvgIpc) is 2.86. The number of fused-ring (bicyclic) bond motifs is 1. The van der Waals surface area contributed by atoms with Gasteiger partial charge < -0.3 is 5.32 Å². The number of unbranched alkanes of at least 4 members (excludes halogenated alkanes) is 1. The number of hydrogen-bond donors (Lipinski definition) is 1. The molecule has 0 saturated heterocycles. The molecule has 0 unspecified atom stereocenters. The highest BCUT2D eigenvalue weighted by molar-refractivity contribution is 7.16. The van der Waals surface area contributed by atoms with Crippen LogP contribution in [0.4, 0.5) is 0 Å². The largest absolute Gasteiger partial charge is 0.356 e. The molecule has 2 aromatic heterocycles. The van der Waals surface area contributed by atoms with Crippen LogP contribution in [0.15, 0.2) is 6.33 Å². The van der Waals surface area contributed by atoms with Gasteiger partial charge in [-0.1, -0.05) is 24.7 Å². The first-order valence-electron chi connectivity index (χ1n) is 5.72. The zero-order chi connectivity index (χ0) is 12.1. The van der Waals surface area contributed by atoms with Crippen molar-refractivity contribution in [3.05, 3.63) is 11.3 Å². The molecule has 2 aromatic rings. The summed E-state index contributed by atoms with van der Waals surface area (Å²) in [6.45, 7) is 2.87. The van der Waals surface area contributed by atoms with E-state index < -0.39 is 0 Å². The Morgan fingerprint density at radius 2 is 2.47 bits per heavy atom. The lowest BCUT2D eigenvalue weighted by Gasteiger charge is -2.02. The van der Waals surface area contributed by atoms with E-state index in [1.54, 1.807) is 10.8 Å². The quantitative estimate of drug-likeness (QED) is 0.781. The van der Waals surface area contributed by atoms with Crippen LogP contribution < -0.4 is 5.32 Å². The van der Waals surface area contributed by atoms with E-state index in [4.69, 9.17) is 0 Å². The highest BCUT2D eigenvalue weighted by atomic mass is 32.1. The van der Waals surface area contributed by atoms with Gasteiger partial charge in [0.25, 0.3) is 0 Å². The van der Waals surface area contributed by atoms with E-state index >= 15 is 0 Å². The lowest BCUT2D eigenvalue weighted by Crippen LogP contribution is -2.24. The summed E-state index contributed by atoms with van der Waals surface area (Å²) < 4.78 is 1.63. The van der Waals surface area contributed by atoms with Crippen LogP contribution in [-0.4, -0.2) is 32.3 Å². The summed E-state index contributed by atoms with van der Waals surface area (Å²) in [5.74, 6) is 0.0874. The molecule has 0 aliphatic heterocycles. The third-order valence-corrected chi connectivity index (χ3v) is 3.32. The molecule has 0 aromatic carbocycles. The predicted octanol–water partition coefficient (Wildman–Crippen LogP) is 1.03. The molecule has 0 aliphatic rings. The number of amides is 1. The number of carbonyl (C=O) groups is 1. The Labute approximate surface area is 103 Å². The minimum absolute atomic E-state index is 0.0874. The molecule has 2 rings (SSSR count). The summed E-state index contributed by atoms with van der Waals surface area (Å²) in [6.07, 6.45) is 4.83. The van der Waals surface area contributed by atoms with Crippen molar-refractivity contribution in [1.29, 1.82) is 0 Å². The van der Waals surface area contributed by atoms with Gasteiger partial charge in [0.15, 0.2) is 0 Å². The van der Waals surface area contributed by atoms with Gasteiger partial charge >= 0.3 is 0 Å². The third-order valence-electron chi connectivity index (χ3n) is 2.35. The SMILES string of the molecule is CCCCNC(=O)CCc1nn2cnnc2s1. The first-order valence-corrected chi connectivity index (χ1v) is 6.53. The van der Waals surface area contributed by atoms with E-state index in [-0.39, 0.29) is 5.91 Å². The second kappa shape index (κ2) is 5.72. The molecule has 0 saturated carbocycles. The maximum absolute atomic E-state index is 11.5. The van der Waals surface area contributed by atoms with E-state index in [1.165, 1.54) is 11.3 Å². The summed E-state index contributed by atoms with van der Waals surface area (Å²) in [5.41, 5.74) is 0. The molecule has 0 bridgehead atoms. The van der Waals surface area contributed by atoms with Crippen LogP contribution in [0.3, 0.4) is 0 Å². The van der Waals surface area contributed by atoms with E-state index in [1.807, 2.05) is 0 Å². The summed E-state index contributed by atoms with van der Waals surface area (Å²) in [6, 6.07) is 0. The van der Waals surface area contributed by atoms with Gasteiger partial charge in [-0.05, 0) is 6.42 Å². The summed E-state index contributed by atoms with van der Waals surface area (Å²) >= 11 is 1.47. The minimum Gasteiger partial charge on any atom is -0.356 e. The molecule has 0 spiro atoms. The number of aromatic nitrogens is 4. The first-order chi connectivity index (χ1) is 8.29. The van der Waals surface area contributed by atoms with Gasteiger partial charge in [0.1, 0.15) is 11.3 Å². The van der Waals surface area contributed by atoms with Crippen molar-refractivity contribution < 1.29 is 4.79 Å². The van der Waals surface area contributed by atoms with Crippen LogP contribution in [0.2, 0.25) is 0 Å². The summed E-state index contributed by atoms with van der Waals surface area (Å²) in [5, 5.41) is 15.7. The lowest BCUT2D eigenvalue weighted by molar-refractivity contribution is -0.121. The van der Waals surface area contributed by atoms with Gasteiger partial charge in [0.05, 0.1) is 0 Å². The topological polar surface area (TPSA) is 72.2 Å². The summed E-state index contributed by atoms with van der Waals surface area (Å²) in [4.78, 5) is 12.2. The Bertz CT molecular complexity index is 463. The van der Waals surface area contributed by atoms with Crippen molar-refractivity contribution in [2.24, 2.45) is 0 Å². The van der Waals surface area contributed by atoms with Gasteiger partial charge in [-0.2, -0.15) is 9.61 Å². The molecule has 7 heteroatoms. The van der Waals surface area contributed by atoms with Crippen LogP contribution >= 0.6 is 11.3 Å². The third kappa shape index (κ3) is 3.23. The fraction of sp³-hybridized carbons (Fsp3) is 0.600. The van der Waals surface area contributed by atoms with Gasteiger partial charge in [-0.3, -0.25) is 4.79 Å². The Hall–Kier alpha value is -1.50. The van der Waals surface area contributed by atoms with Crippen molar-refractivity contribution in [1.82, 2.24) is 25.1 Å². The van der Waals surface area contributed by atoms with Gasteiger partial charge in [-0.25, -0.2) is 0 Å². The van der Waals surface area contributed by atoms with E-state index in [2.05, 4.69) is 27.5 Å². The van der Waals surface area contributed by atoms with Crippen molar-refractivity contribution >= 4 is 22.2 Å². The predicted molar refractivity (Wildman–Crippen MR) is 64.9 cm³/mol. The zero-order valence-corrected chi connectivity index (χ0v) is 10.5. The number of aryl methyl sites for hydroxylation is 1. The van der Waals surface area contributed by atoms with E-state index in [0.717, 1.165) is 29.4 Å². The van der Waals surface area contributed by atoms with Gasteiger partial charge in [0, 0.05) is 19.4 Å². The number of rotatable bonds is 6. The van der Waals surface area contributed by atoms with Gasteiger partial charge in [0.2, 0.25) is 10.9 Å². The number of carbonyl (C=O) groups excluding carboxylic acids is 1. The first kappa shape index (κ1) is 12.0. The van der Waals surface area contributed by atoms with Crippen LogP contribution in [0.25, 0.3) is 4.96 Å². The van der Waals surface area contributed by atoms with Crippen LogP contribution in [0, 0.1) is 0 Å². The molecule has 17 heavy (non-hydrogen) atoms. The van der Waals surface area contributed by atoms with Crippen molar-refractivity contribution in [2.45, 2.75) is 32.6 Å². The lowest BCUT2D eigenvalue weighted by atomic mass is 10.3.